The summed E-state index contributed by atoms with van der Waals surface area (Å²) in [5.74, 6) is 0. The lowest BCUT2D eigenvalue weighted by Gasteiger charge is -2.45. The van der Waals surface area contributed by atoms with Gasteiger partial charge in [0.05, 0.1) is 62.8 Å². The topological polar surface area (TPSA) is 83.6 Å². The Labute approximate surface area is 483 Å². The van der Waals surface area contributed by atoms with Crippen LogP contribution in [-0.4, -0.2) is 0 Å². The third-order valence-corrected chi connectivity index (χ3v) is 17.5. The smallest absolute Gasteiger partial charge is 0.159 e. The molecule has 15 aromatic rings. The molecule has 390 valence electrons. The van der Waals surface area contributed by atoms with Crippen molar-refractivity contribution in [2.45, 2.75) is 5.41 Å². The van der Waals surface area contributed by atoms with Gasteiger partial charge in [-0.1, -0.05) is 164 Å². The van der Waals surface area contributed by atoms with Crippen molar-refractivity contribution in [3.05, 3.63) is 306 Å². The Morgan fingerprint density at radius 1 is 0.321 bits per heavy atom. The number of nitriles is 2. The van der Waals surface area contributed by atoms with Crippen molar-refractivity contribution in [1.29, 1.82) is 10.5 Å². The Morgan fingerprint density at radius 3 is 1.15 bits per heavy atom. The standard InChI is InChI=1S/C77H45N5O2/c78-46-48-36-40-51(41-37-48)81(67-32-16-26-59-55-22-8-14-34-71(55)83-75(59)67)69-44-63-73(57-24-6-4-20-53(57)69)74-58-25-7-5-21-54(58)70(82(52-42-38-49(47-79)39-43-52)68-33-17-27-60-56-23-9-15-35-72(56)84-76(60)68)45-64(74)77(63)61-28-10-12-30-65(61)80(50-18-2-1-3-19-50)66-31-13-11-29-62(66)77/h1-45H. The van der Waals surface area contributed by atoms with E-state index in [-0.39, 0.29) is 0 Å². The van der Waals surface area contributed by atoms with Crippen LogP contribution in [-0.2, 0) is 5.41 Å². The summed E-state index contributed by atoms with van der Waals surface area (Å²) in [4.78, 5) is 7.10. The highest BCUT2D eigenvalue weighted by Crippen LogP contribution is 2.67. The van der Waals surface area contributed by atoms with Crippen LogP contribution in [0.15, 0.2) is 282 Å². The molecule has 1 aliphatic carbocycles. The number of hydrogen-bond donors (Lipinski definition) is 0. The van der Waals surface area contributed by atoms with Crippen LogP contribution in [0.4, 0.5) is 51.2 Å². The Balaban J connectivity index is 1.05. The molecule has 0 atom stereocenters. The molecule has 0 bridgehead atoms. The van der Waals surface area contributed by atoms with Crippen molar-refractivity contribution in [3.8, 4) is 23.3 Å². The second kappa shape index (κ2) is 18.2. The van der Waals surface area contributed by atoms with Crippen molar-refractivity contribution in [2.75, 3.05) is 14.7 Å². The summed E-state index contributed by atoms with van der Waals surface area (Å²) >= 11 is 0. The van der Waals surface area contributed by atoms with Crippen LogP contribution in [0, 0.1) is 22.7 Å². The van der Waals surface area contributed by atoms with E-state index in [0.717, 1.165) is 150 Å². The maximum absolute atomic E-state index is 10.2. The first-order valence-corrected chi connectivity index (χ1v) is 28.2. The Morgan fingerprint density at radius 2 is 0.702 bits per heavy atom. The Bertz CT molecular complexity index is 5000. The minimum atomic E-state index is -0.968. The fourth-order valence-electron chi connectivity index (χ4n) is 14.0. The van der Waals surface area contributed by atoms with Gasteiger partial charge in [-0.2, -0.15) is 10.5 Å². The van der Waals surface area contributed by atoms with E-state index in [9.17, 15) is 10.5 Å². The second-order valence-corrected chi connectivity index (χ2v) is 21.7. The molecule has 13 aromatic carbocycles. The van der Waals surface area contributed by atoms with Crippen LogP contribution < -0.4 is 14.7 Å². The van der Waals surface area contributed by atoms with Crippen molar-refractivity contribution in [2.24, 2.45) is 0 Å². The van der Waals surface area contributed by atoms with Crippen LogP contribution in [0.1, 0.15) is 33.4 Å². The van der Waals surface area contributed by atoms with E-state index in [2.05, 4.69) is 251 Å². The maximum Gasteiger partial charge on any atom is 0.159 e. The first-order chi connectivity index (χ1) is 41.6. The maximum atomic E-state index is 10.2. The highest BCUT2D eigenvalue weighted by atomic mass is 16.3. The molecule has 1 spiro atoms. The highest BCUT2D eigenvalue weighted by molar-refractivity contribution is 6.21. The van der Waals surface area contributed by atoms with Gasteiger partial charge in [0, 0.05) is 49.4 Å². The zero-order valence-electron chi connectivity index (χ0n) is 45.0. The quantitative estimate of drug-likeness (QED) is 0.157. The number of fused-ring (bicyclic) bond motifs is 19. The van der Waals surface area contributed by atoms with Crippen molar-refractivity contribution < 1.29 is 8.83 Å². The molecule has 17 rings (SSSR count). The molecular weight excluding hydrogens is 1030 g/mol. The minimum absolute atomic E-state index is 0.571. The number of nitrogens with zero attached hydrogens (tertiary/aromatic N) is 5. The van der Waals surface area contributed by atoms with Crippen molar-refractivity contribution in [1.82, 2.24) is 0 Å². The molecular formula is C77H45N5O2. The van der Waals surface area contributed by atoms with Crippen molar-refractivity contribution in [3.63, 3.8) is 0 Å². The first kappa shape index (κ1) is 47.2. The molecule has 0 unspecified atom stereocenters. The van der Waals surface area contributed by atoms with Gasteiger partial charge >= 0.3 is 0 Å². The molecule has 7 heteroatoms. The fourth-order valence-corrected chi connectivity index (χ4v) is 14.0. The van der Waals surface area contributed by atoms with Gasteiger partial charge in [0.15, 0.2) is 11.2 Å². The summed E-state index contributed by atoms with van der Waals surface area (Å²) in [5, 5.41) is 28.8. The SMILES string of the molecule is N#Cc1ccc(N(c2cc3c(c4ccccc24)-c2c(cc(N(c4ccc(C#N)cc4)c4cccc5c4oc4ccccc45)c4ccccc24)C32c3ccccc3N(c3ccccc3)c3ccccc32)c2cccc3c2oc2ccccc23)cc1. The molecule has 2 aliphatic rings. The number of hydrogen-bond acceptors (Lipinski definition) is 7. The molecule has 0 radical (unpaired) electrons. The fraction of sp³-hybridized carbons (Fsp3) is 0.0130. The van der Waals surface area contributed by atoms with Gasteiger partial charge in [0.1, 0.15) is 11.2 Å². The Kier molecular flexibility index (Phi) is 10.2. The van der Waals surface area contributed by atoms with Gasteiger partial charge in [-0.15, -0.1) is 0 Å². The molecule has 3 heterocycles. The zero-order chi connectivity index (χ0) is 55.6. The average Bonchev–Trinajstić information content (AvgIpc) is 1.71. The van der Waals surface area contributed by atoms with E-state index in [4.69, 9.17) is 8.83 Å². The van der Waals surface area contributed by atoms with E-state index >= 15 is 0 Å². The number of para-hydroxylation sites is 7. The molecule has 0 amide bonds. The van der Waals surface area contributed by atoms with Gasteiger partial charge < -0.3 is 23.5 Å². The molecule has 0 N–H and O–H groups in total. The lowest BCUT2D eigenvalue weighted by molar-refractivity contribution is 0.669. The van der Waals surface area contributed by atoms with Gasteiger partial charge in [-0.05, 0) is 153 Å². The van der Waals surface area contributed by atoms with Crippen LogP contribution in [0.3, 0.4) is 0 Å². The summed E-state index contributed by atoms with van der Waals surface area (Å²) < 4.78 is 13.9. The number of rotatable bonds is 7. The average molecular weight is 1070 g/mol. The largest absolute Gasteiger partial charge is 0.454 e. The molecule has 84 heavy (non-hydrogen) atoms. The van der Waals surface area contributed by atoms with Gasteiger partial charge in [0.2, 0.25) is 0 Å². The molecule has 2 aromatic heterocycles. The number of furan rings is 2. The predicted octanol–water partition coefficient (Wildman–Crippen LogP) is 20.6. The molecule has 0 fully saturated rings. The van der Waals surface area contributed by atoms with E-state index in [1.165, 1.54) is 0 Å². The van der Waals surface area contributed by atoms with Crippen molar-refractivity contribution >= 4 is 117 Å². The summed E-state index contributed by atoms with van der Waals surface area (Å²) in [6.07, 6.45) is 0. The third-order valence-electron chi connectivity index (χ3n) is 17.5. The summed E-state index contributed by atoms with van der Waals surface area (Å²) in [5.41, 5.74) is 18.7. The number of anilines is 9. The van der Waals surface area contributed by atoms with E-state index in [1.807, 2.05) is 48.5 Å². The molecule has 7 nitrogen and oxygen atoms in total. The highest BCUT2D eigenvalue weighted by Gasteiger charge is 2.53. The van der Waals surface area contributed by atoms with Crippen LogP contribution in [0.2, 0.25) is 0 Å². The first-order valence-electron chi connectivity index (χ1n) is 28.2. The minimum Gasteiger partial charge on any atom is -0.454 e. The van der Waals surface area contributed by atoms with E-state index in [0.29, 0.717) is 11.1 Å². The van der Waals surface area contributed by atoms with Gasteiger partial charge in [0.25, 0.3) is 0 Å². The second-order valence-electron chi connectivity index (χ2n) is 21.7. The van der Waals surface area contributed by atoms with Gasteiger partial charge in [-0.3, -0.25) is 0 Å². The lowest BCUT2D eigenvalue weighted by atomic mass is 9.64. The summed E-state index contributed by atoms with van der Waals surface area (Å²) in [6, 6.07) is 101. The monoisotopic (exact) mass is 1070 g/mol. The summed E-state index contributed by atoms with van der Waals surface area (Å²) in [6.45, 7) is 0. The predicted molar refractivity (Wildman–Crippen MR) is 340 cm³/mol. The normalized spacial score (nSPS) is 12.8. The van der Waals surface area contributed by atoms with E-state index in [1.54, 1.807) is 0 Å². The van der Waals surface area contributed by atoms with Gasteiger partial charge in [-0.25, -0.2) is 0 Å². The number of benzene rings is 13. The lowest BCUT2D eigenvalue weighted by Crippen LogP contribution is -2.36. The van der Waals surface area contributed by atoms with Crippen LogP contribution >= 0.6 is 0 Å². The Hall–Kier alpha value is -11.6. The van der Waals surface area contributed by atoms with E-state index < -0.39 is 5.41 Å². The van der Waals surface area contributed by atoms with Crippen LogP contribution in [0.5, 0.6) is 0 Å². The third kappa shape index (κ3) is 6.61. The van der Waals surface area contributed by atoms with Crippen LogP contribution in [0.25, 0.3) is 76.5 Å². The molecule has 1 aliphatic heterocycles. The molecule has 0 saturated heterocycles. The summed E-state index contributed by atoms with van der Waals surface area (Å²) in [7, 11) is 0. The zero-order valence-corrected chi connectivity index (χ0v) is 45.0. The molecule has 0 saturated carbocycles.